The number of aliphatic hydroxyl groups is 2. The summed E-state index contributed by atoms with van der Waals surface area (Å²) in [4.78, 5) is 27.4. The van der Waals surface area contributed by atoms with Gasteiger partial charge in [0.25, 0.3) is 0 Å². The molecule has 0 bridgehead atoms. The van der Waals surface area contributed by atoms with Gasteiger partial charge < -0.3 is 36.4 Å². The van der Waals surface area contributed by atoms with Crippen LogP contribution in [0.15, 0.2) is 89.9 Å². The van der Waals surface area contributed by atoms with Crippen LogP contribution in [0, 0.1) is 23.3 Å². The summed E-state index contributed by atoms with van der Waals surface area (Å²) >= 11 is 0. The molecule has 0 spiro atoms. The van der Waals surface area contributed by atoms with Crippen molar-refractivity contribution >= 4 is 12.1 Å². The molecule has 4 atom stereocenters. The highest BCUT2D eigenvalue weighted by molar-refractivity contribution is 5.74. The van der Waals surface area contributed by atoms with Gasteiger partial charge in [0.15, 0.2) is 0 Å². The summed E-state index contributed by atoms with van der Waals surface area (Å²) in [5.74, 6) is -2.39. The number of nitrogens with zero attached hydrogens (tertiary/aromatic N) is 2. The Hall–Kier alpha value is -4.95. The topological polar surface area (TPSA) is 138 Å². The third kappa shape index (κ3) is 19.1. The van der Waals surface area contributed by atoms with E-state index >= 15 is 0 Å². The molecular weight excluding hydrogens is 921 g/mol. The van der Waals surface area contributed by atoms with Gasteiger partial charge in [0.1, 0.15) is 23.3 Å². The fourth-order valence-corrected chi connectivity index (χ4v) is 9.13. The molecule has 2 aliphatic heterocycles. The lowest BCUT2D eigenvalue weighted by Gasteiger charge is -2.45. The predicted octanol–water partition coefficient (Wildman–Crippen LogP) is 10.4. The van der Waals surface area contributed by atoms with E-state index < -0.39 is 41.0 Å². The van der Waals surface area contributed by atoms with E-state index in [0.717, 1.165) is 56.5 Å². The van der Waals surface area contributed by atoms with E-state index in [9.17, 15) is 37.4 Å². The number of isocyanates is 1. The molecule has 6 rings (SSSR count). The number of urea groups is 1. The molecule has 4 unspecified atom stereocenters. The minimum Gasteiger partial charge on any atom is -0.392 e. The van der Waals surface area contributed by atoms with Crippen LogP contribution in [0.3, 0.4) is 0 Å². The first kappa shape index (κ1) is 59.6. The first-order valence-corrected chi connectivity index (χ1v) is 25.6. The van der Waals surface area contributed by atoms with E-state index in [4.69, 9.17) is 0 Å². The molecule has 0 aromatic heterocycles. The van der Waals surface area contributed by atoms with Gasteiger partial charge >= 0.3 is 6.03 Å². The SMILES string of the molecule is CC(C)(C)c1cccc(C2(NCC(O)CCc3cc(F)cc(F)c3)CCCNC2)c1.CC(C)N=C=O.CC(C)NC(=O)N1CCCC(NCC(O)CCc2cc(F)cc(F)c2)(c2cccc(C(C)(C)C)c2)C1. The molecule has 396 valence electrons. The summed E-state index contributed by atoms with van der Waals surface area (Å²) in [6.45, 7) is 24.4. The highest BCUT2D eigenvalue weighted by atomic mass is 19.1. The monoisotopic (exact) mass is 1000 g/mol. The number of aliphatic hydroxyl groups excluding tert-OH is 2. The molecule has 2 amide bonds. The largest absolute Gasteiger partial charge is 0.392 e. The molecule has 4 aromatic carbocycles. The quantitative estimate of drug-likeness (QED) is 0.0373. The van der Waals surface area contributed by atoms with Crippen LogP contribution in [0.25, 0.3) is 0 Å². The van der Waals surface area contributed by atoms with Crippen LogP contribution in [0.5, 0.6) is 0 Å². The lowest BCUT2D eigenvalue weighted by atomic mass is 9.78. The number of halogens is 4. The van der Waals surface area contributed by atoms with E-state index in [1.54, 1.807) is 0 Å². The third-order valence-corrected chi connectivity index (χ3v) is 13.2. The van der Waals surface area contributed by atoms with Gasteiger partial charge in [0.2, 0.25) is 6.08 Å². The Morgan fingerprint density at radius 1 is 0.708 bits per heavy atom. The van der Waals surface area contributed by atoms with Crippen molar-refractivity contribution in [1.29, 1.82) is 0 Å². The number of hydrogen-bond acceptors (Lipinski definition) is 8. The summed E-state index contributed by atoms with van der Waals surface area (Å²) in [5.41, 5.74) is 5.22. The van der Waals surface area contributed by atoms with Gasteiger partial charge in [-0.15, -0.1) is 0 Å². The summed E-state index contributed by atoms with van der Waals surface area (Å²) in [7, 11) is 0. The van der Waals surface area contributed by atoms with Crippen molar-refractivity contribution in [3.05, 3.63) is 142 Å². The van der Waals surface area contributed by atoms with Crippen LogP contribution in [-0.4, -0.2) is 90.8 Å². The van der Waals surface area contributed by atoms with Crippen molar-refractivity contribution in [1.82, 2.24) is 26.2 Å². The molecular formula is C58H82F4N6O4. The number of piperidine rings is 2. The van der Waals surface area contributed by atoms with Gasteiger partial charge in [-0.1, -0.05) is 90.1 Å². The zero-order chi connectivity index (χ0) is 53.3. The maximum Gasteiger partial charge on any atom is 0.317 e. The Morgan fingerprint density at radius 2 is 1.17 bits per heavy atom. The molecule has 6 N–H and O–H groups in total. The van der Waals surface area contributed by atoms with E-state index in [0.29, 0.717) is 63.0 Å². The number of aryl methyl sites for hydroxylation is 2. The number of carbonyl (C=O) groups is 1. The second-order valence-corrected chi connectivity index (χ2v) is 22.3. The maximum absolute atomic E-state index is 13.5. The molecule has 10 nitrogen and oxygen atoms in total. The second-order valence-electron chi connectivity index (χ2n) is 22.3. The van der Waals surface area contributed by atoms with E-state index in [2.05, 4.69) is 116 Å². The Bertz CT molecular complexity index is 2330. The molecule has 2 heterocycles. The summed E-state index contributed by atoms with van der Waals surface area (Å²) in [6, 6.07) is 24.2. The van der Waals surface area contributed by atoms with Gasteiger partial charge in [0.05, 0.1) is 29.3 Å². The molecule has 4 aromatic rings. The normalized spacial score (nSPS) is 19.1. The minimum atomic E-state index is -0.709. The number of benzene rings is 4. The van der Waals surface area contributed by atoms with Crippen molar-refractivity contribution < 1.29 is 37.4 Å². The third-order valence-electron chi connectivity index (χ3n) is 13.2. The van der Waals surface area contributed by atoms with Crippen LogP contribution in [0.4, 0.5) is 22.4 Å². The minimum absolute atomic E-state index is 0.0275. The number of rotatable bonds is 16. The van der Waals surface area contributed by atoms with Crippen LogP contribution in [0.2, 0.25) is 0 Å². The number of hydrogen-bond donors (Lipinski definition) is 6. The van der Waals surface area contributed by atoms with E-state index in [1.165, 1.54) is 47.0 Å². The average Bonchev–Trinajstić information content (AvgIpc) is 3.31. The summed E-state index contributed by atoms with van der Waals surface area (Å²) in [5, 5.41) is 35.1. The van der Waals surface area contributed by atoms with Crippen LogP contribution < -0.4 is 21.3 Å². The van der Waals surface area contributed by atoms with Crippen LogP contribution >= 0.6 is 0 Å². The van der Waals surface area contributed by atoms with Crippen LogP contribution in [0.1, 0.15) is 141 Å². The second kappa shape index (κ2) is 27.4. The Morgan fingerprint density at radius 3 is 1.57 bits per heavy atom. The highest BCUT2D eigenvalue weighted by Gasteiger charge is 2.40. The van der Waals surface area contributed by atoms with Gasteiger partial charge in [-0.05, 0) is 154 Å². The molecule has 2 fully saturated rings. The molecule has 2 aliphatic rings. The fraction of sp³-hybridized carbons (Fsp3) is 0.552. The molecule has 72 heavy (non-hydrogen) atoms. The van der Waals surface area contributed by atoms with E-state index in [-0.39, 0.29) is 34.5 Å². The Balaban J connectivity index is 0.000000284. The van der Waals surface area contributed by atoms with Gasteiger partial charge in [-0.25, -0.2) is 32.1 Å². The fourth-order valence-electron chi connectivity index (χ4n) is 9.13. The molecule has 0 saturated carbocycles. The van der Waals surface area contributed by atoms with Gasteiger partial charge in [-0.2, -0.15) is 0 Å². The molecule has 14 heteroatoms. The zero-order valence-electron chi connectivity index (χ0n) is 44.4. The first-order valence-electron chi connectivity index (χ1n) is 25.6. The predicted molar refractivity (Wildman–Crippen MR) is 281 cm³/mol. The number of aliphatic imine (C=N–C) groups is 1. The smallest absolute Gasteiger partial charge is 0.317 e. The number of likely N-dealkylation sites (tertiary alicyclic amines) is 1. The van der Waals surface area contributed by atoms with Crippen LogP contribution in [-0.2, 0) is 39.5 Å². The highest BCUT2D eigenvalue weighted by Crippen LogP contribution is 2.36. The lowest BCUT2D eigenvalue weighted by molar-refractivity contribution is 0.103. The van der Waals surface area contributed by atoms with Gasteiger partial charge in [0, 0.05) is 50.9 Å². The average molecular weight is 1000 g/mol. The van der Waals surface area contributed by atoms with E-state index in [1.807, 2.05) is 32.6 Å². The first-order chi connectivity index (χ1) is 33.8. The maximum atomic E-state index is 13.5. The van der Waals surface area contributed by atoms with Crippen molar-refractivity contribution in [2.45, 2.75) is 167 Å². The lowest BCUT2D eigenvalue weighted by Crippen LogP contribution is -2.59. The number of nitrogens with one attached hydrogen (secondary N) is 4. The number of amides is 2. The van der Waals surface area contributed by atoms with Crippen molar-refractivity contribution in [2.75, 3.05) is 39.3 Å². The Kier molecular flexibility index (Phi) is 22.7. The standard InChI is InChI=1S/C29H41F2N3O2.C25H34F2N2O.C4H7NO/c1-20(2)33-27(36)34-13-7-12-29(19-34,23-9-6-8-22(16-23)28(3,4)5)32-18-26(35)11-10-21-14-24(30)17-25(31)15-21;1-24(2,3)19-6-4-7-20(14-19)25(10-5-11-28-17-25)29-16-23(30)9-8-18-12-21(26)15-22(27)13-18;1-4(2)5-3-6/h6,8-9,14-17,20,26,32,35H,7,10-13,18-19H2,1-5H3,(H,33,36);4,6-7,12-15,23,28-30H,5,8-11,16-17H2,1-3H3;4H,1-2H3. The zero-order valence-corrected chi connectivity index (χ0v) is 44.4. The summed E-state index contributed by atoms with van der Waals surface area (Å²) in [6.07, 6.45) is 5.46. The van der Waals surface area contributed by atoms with Gasteiger partial charge in [-0.3, -0.25) is 0 Å². The molecule has 0 aliphatic carbocycles. The van der Waals surface area contributed by atoms with Crippen molar-refractivity contribution in [3.63, 3.8) is 0 Å². The molecule has 0 radical (unpaired) electrons. The molecule has 2 saturated heterocycles. The Labute approximate surface area is 426 Å². The van der Waals surface area contributed by atoms with Crippen molar-refractivity contribution in [2.24, 2.45) is 4.99 Å². The van der Waals surface area contributed by atoms with Crippen molar-refractivity contribution in [3.8, 4) is 0 Å². The number of carbonyl (C=O) groups excluding carboxylic acids is 2. The summed E-state index contributed by atoms with van der Waals surface area (Å²) < 4.78 is 53.8.